The largest absolute Gasteiger partial charge is 0.478 e. The number of nitrogens with two attached hydrogens (primary N) is 1. The van der Waals surface area contributed by atoms with Gasteiger partial charge >= 0.3 is 5.97 Å². The van der Waals surface area contributed by atoms with Gasteiger partial charge in [0.1, 0.15) is 0 Å². The van der Waals surface area contributed by atoms with E-state index in [1.54, 1.807) is 6.08 Å². The molecule has 1 heterocycles. The molecule has 5 heteroatoms. The smallest absolute Gasteiger partial charge is 0.339 e. The van der Waals surface area contributed by atoms with E-state index in [1.165, 1.54) is 12.4 Å². The van der Waals surface area contributed by atoms with Crippen LogP contribution in [-0.2, 0) is 0 Å². The number of hydrogen-bond acceptors (Lipinski definition) is 4. The molecule has 0 unspecified atom stereocenters. The van der Waals surface area contributed by atoms with Crippen LogP contribution < -0.4 is 5.73 Å². The lowest BCUT2D eigenvalue weighted by molar-refractivity contribution is 0.0694. The fourth-order valence-corrected chi connectivity index (χ4v) is 2.25. The van der Waals surface area contributed by atoms with E-state index in [-0.39, 0.29) is 11.5 Å². The normalized spacial score (nSPS) is 16.7. The third-order valence-corrected chi connectivity index (χ3v) is 3.05. The SMILES string of the molecule is N/C=C\c1ncc(C(=O)O)c(C2CCCC2)n1. The monoisotopic (exact) mass is 233 g/mol. The lowest BCUT2D eigenvalue weighted by Gasteiger charge is -2.11. The molecule has 0 radical (unpaired) electrons. The fraction of sp³-hybridized carbons (Fsp3) is 0.417. The van der Waals surface area contributed by atoms with E-state index in [4.69, 9.17) is 10.8 Å². The third-order valence-electron chi connectivity index (χ3n) is 3.05. The summed E-state index contributed by atoms with van der Waals surface area (Å²) >= 11 is 0. The highest BCUT2D eigenvalue weighted by molar-refractivity contribution is 5.88. The zero-order valence-corrected chi connectivity index (χ0v) is 9.47. The molecule has 0 saturated heterocycles. The van der Waals surface area contributed by atoms with Crippen molar-refractivity contribution >= 4 is 12.0 Å². The van der Waals surface area contributed by atoms with Crippen molar-refractivity contribution in [3.63, 3.8) is 0 Å². The number of nitrogens with zero attached hydrogens (tertiary/aromatic N) is 2. The van der Waals surface area contributed by atoms with Gasteiger partial charge in [0.25, 0.3) is 0 Å². The number of carboxylic acid groups (broad SMARTS) is 1. The Kier molecular flexibility index (Phi) is 3.37. The van der Waals surface area contributed by atoms with Crippen molar-refractivity contribution in [3.8, 4) is 0 Å². The van der Waals surface area contributed by atoms with Gasteiger partial charge in [0.15, 0.2) is 5.82 Å². The first-order valence-electron chi connectivity index (χ1n) is 5.71. The summed E-state index contributed by atoms with van der Waals surface area (Å²) in [6, 6.07) is 0. The Labute approximate surface area is 99.4 Å². The minimum Gasteiger partial charge on any atom is -0.478 e. The van der Waals surface area contributed by atoms with E-state index in [2.05, 4.69) is 9.97 Å². The van der Waals surface area contributed by atoms with Crippen LogP contribution in [0, 0.1) is 0 Å². The lowest BCUT2D eigenvalue weighted by Crippen LogP contribution is -2.10. The first-order chi connectivity index (χ1) is 8.22. The molecule has 3 N–H and O–H groups in total. The Balaban J connectivity index is 2.42. The molecule has 17 heavy (non-hydrogen) atoms. The summed E-state index contributed by atoms with van der Waals surface area (Å²) in [6.45, 7) is 0. The number of rotatable bonds is 3. The van der Waals surface area contributed by atoms with Crippen LogP contribution in [0.2, 0.25) is 0 Å². The van der Waals surface area contributed by atoms with E-state index in [0.717, 1.165) is 25.7 Å². The van der Waals surface area contributed by atoms with Crippen molar-refractivity contribution < 1.29 is 9.90 Å². The van der Waals surface area contributed by atoms with Crippen molar-refractivity contribution in [2.45, 2.75) is 31.6 Å². The predicted molar refractivity (Wildman–Crippen MR) is 63.4 cm³/mol. The number of carbonyl (C=O) groups is 1. The molecule has 2 rings (SSSR count). The molecule has 1 aromatic rings. The molecule has 1 fully saturated rings. The van der Waals surface area contributed by atoms with Gasteiger partial charge in [0, 0.05) is 12.1 Å². The van der Waals surface area contributed by atoms with Crippen LogP contribution in [-0.4, -0.2) is 21.0 Å². The summed E-state index contributed by atoms with van der Waals surface area (Å²) in [5.41, 5.74) is 6.15. The van der Waals surface area contributed by atoms with Gasteiger partial charge in [-0.2, -0.15) is 0 Å². The number of aromatic nitrogens is 2. The van der Waals surface area contributed by atoms with Crippen LogP contribution in [0.1, 0.15) is 53.5 Å². The van der Waals surface area contributed by atoms with E-state index in [0.29, 0.717) is 11.5 Å². The minimum absolute atomic E-state index is 0.214. The Morgan fingerprint density at radius 3 is 2.76 bits per heavy atom. The number of carboxylic acids is 1. The van der Waals surface area contributed by atoms with Gasteiger partial charge < -0.3 is 10.8 Å². The second-order valence-electron chi connectivity index (χ2n) is 4.17. The number of hydrogen-bond donors (Lipinski definition) is 2. The molecule has 0 spiro atoms. The Bertz CT molecular complexity index is 451. The molecule has 0 bridgehead atoms. The molecule has 1 aliphatic rings. The van der Waals surface area contributed by atoms with Gasteiger partial charge in [-0.15, -0.1) is 0 Å². The molecule has 0 atom stereocenters. The summed E-state index contributed by atoms with van der Waals surface area (Å²) in [5, 5.41) is 9.12. The van der Waals surface area contributed by atoms with Gasteiger partial charge in [-0.05, 0) is 25.1 Å². The summed E-state index contributed by atoms with van der Waals surface area (Å²) < 4.78 is 0. The molecule has 1 aromatic heterocycles. The maximum absolute atomic E-state index is 11.1. The van der Waals surface area contributed by atoms with Crippen molar-refractivity contribution in [2.75, 3.05) is 0 Å². The molecule has 0 aliphatic heterocycles. The van der Waals surface area contributed by atoms with E-state index in [9.17, 15) is 4.79 Å². The lowest BCUT2D eigenvalue weighted by atomic mass is 9.99. The highest BCUT2D eigenvalue weighted by atomic mass is 16.4. The molecule has 5 nitrogen and oxygen atoms in total. The van der Waals surface area contributed by atoms with Crippen LogP contribution in [0.4, 0.5) is 0 Å². The molecule has 0 aromatic carbocycles. The highest BCUT2D eigenvalue weighted by Gasteiger charge is 2.24. The topological polar surface area (TPSA) is 89.1 Å². The zero-order valence-electron chi connectivity index (χ0n) is 9.47. The second kappa shape index (κ2) is 4.95. The predicted octanol–water partition coefficient (Wildman–Crippen LogP) is 1.76. The first kappa shape index (κ1) is 11.6. The zero-order chi connectivity index (χ0) is 12.3. The molecular formula is C12H15N3O2. The summed E-state index contributed by atoms with van der Waals surface area (Å²) in [6.07, 6.45) is 8.58. The van der Waals surface area contributed by atoms with Gasteiger partial charge in [0.05, 0.1) is 11.3 Å². The third kappa shape index (κ3) is 2.43. The fourth-order valence-electron chi connectivity index (χ4n) is 2.25. The van der Waals surface area contributed by atoms with E-state index >= 15 is 0 Å². The summed E-state index contributed by atoms with van der Waals surface area (Å²) in [5.74, 6) is -0.247. The summed E-state index contributed by atoms with van der Waals surface area (Å²) in [4.78, 5) is 19.4. The molecule has 1 saturated carbocycles. The van der Waals surface area contributed by atoms with Crippen LogP contribution >= 0.6 is 0 Å². The maximum atomic E-state index is 11.1. The van der Waals surface area contributed by atoms with Gasteiger partial charge in [-0.3, -0.25) is 0 Å². The Morgan fingerprint density at radius 2 is 2.18 bits per heavy atom. The average molecular weight is 233 g/mol. The molecule has 90 valence electrons. The minimum atomic E-state index is -0.963. The Hall–Kier alpha value is -1.91. The number of aromatic carboxylic acids is 1. The Morgan fingerprint density at radius 1 is 1.47 bits per heavy atom. The van der Waals surface area contributed by atoms with Crippen LogP contribution in [0.25, 0.3) is 6.08 Å². The summed E-state index contributed by atoms with van der Waals surface area (Å²) in [7, 11) is 0. The van der Waals surface area contributed by atoms with Crippen molar-refractivity contribution in [2.24, 2.45) is 5.73 Å². The maximum Gasteiger partial charge on any atom is 0.339 e. The van der Waals surface area contributed by atoms with E-state index in [1.807, 2.05) is 0 Å². The van der Waals surface area contributed by atoms with Crippen molar-refractivity contribution in [1.82, 2.24) is 9.97 Å². The van der Waals surface area contributed by atoms with Gasteiger partial charge in [0.2, 0.25) is 0 Å². The first-order valence-corrected chi connectivity index (χ1v) is 5.71. The van der Waals surface area contributed by atoms with Crippen molar-refractivity contribution in [3.05, 3.63) is 29.5 Å². The van der Waals surface area contributed by atoms with E-state index < -0.39 is 5.97 Å². The van der Waals surface area contributed by atoms with Crippen LogP contribution in [0.5, 0.6) is 0 Å². The highest BCUT2D eigenvalue weighted by Crippen LogP contribution is 2.34. The van der Waals surface area contributed by atoms with Crippen LogP contribution in [0.15, 0.2) is 12.4 Å². The molecule has 1 aliphatic carbocycles. The molecular weight excluding hydrogens is 218 g/mol. The van der Waals surface area contributed by atoms with Gasteiger partial charge in [-0.1, -0.05) is 12.8 Å². The van der Waals surface area contributed by atoms with Crippen molar-refractivity contribution in [1.29, 1.82) is 0 Å². The quantitative estimate of drug-likeness (QED) is 0.830. The molecule has 0 amide bonds. The second-order valence-corrected chi connectivity index (χ2v) is 4.17. The van der Waals surface area contributed by atoms with Gasteiger partial charge in [-0.25, -0.2) is 14.8 Å². The average Bonchev–Trinajstić information content (AvgIpc) is 2.82. The van der Waals surface area contributed by atoms with Crippen LogP contribution in [0.3, 0.4) is 0 Å². The standard InChI is InChI=1S/C12H15N3O2/c13-6-5-10-14-7-9(12(16)17)11(15-10)8-3-1-2-4-8/h5-8H,1-4,13H2,(H,16,17)/b6-5-.